The quantitative estimate of drug-likeness (QED) is 0.620. The van der Waals surface area contributed by atoms with Gasteiger partial charge in [-0.2, -0.15) is 13.2 Å². The van der Waals surface area contributed by atoms with Gasteiger partial charge in [0, 0.05) is 18.3 Å². The van der Waals surface area contributed by atoms with Crippen LogP contribution in [0.5, 0.6) is 17.2 Å². The van der Waals surface area contributed by atoms with Crippen molar-refractivity contribution in [3.63, 3.8) is 0 Å². The summed E-state index contributed by atoms with van der Waals surface area (Å²) in [6.45, 7) is -0.537. The first-order valence-corrected chi connectivity index (χ1v) is 8.78. The van der Waals surface area contributed by atoms with Gasteiger partial charge in [0.2, 0.25) is 5.91 Å². The number of alkyl halides is 3. The Labute approximate surface area is 172 Å². The Bertz CT molecular complexity index is 1220. The van der Waals surface area contributed by atoms with E-state index in [1.54, 1.807) is 18.2 Å². The minimum absolute atomic E-state index is 0.0524. The Morgan fingerprint density at radius 3 is 2.52 bits per heavy atom. The van der Waals surface area contributed by atoms with Crippen LogP contribution in [0.25, 0.3) is 0 Å². The van der Waals surface area contributed by atoms with Crippen molar-refractivity contribution >= 4 is 11.6 Å². The Balaban J connectivity index is 1.90. The summed E-state index contributed by atoms with van der Waals surface area (Å²) < 4.78 is 51.1. The zero-order valence-corrected chi connectivity index (χ0v) is 16.0. The lowest BCUT2D eigenvalue weighted by atomic mass is 10.1. The van der Waals surface area contributed by atoms with Gasteiger partial charge in [0.25, 0.3) is 5.56 Å². The summed E-state index contributed by atoms with van der Waals surface area (Å²) in [6.07, 6.45) is -3.55. The molecule has 1 heterocycles. The van der Waals surface area contributed by atoms with E-state index in [9.17, 15) is 27.6 Å². The molecule has 0 unspecified atom stereocenters. The van der Waals surface area contributed by atoms with Crippen molar-refractivity contribution in [3.8, 4) is 17.2 Å². The molecule has 2 aromatic carbocycles. The summed E-state index contributed by atoms with van der Waals surface area (Å²) in [7, 11) is 1.45. The van der Waals surface area contributed by atoms with Gasteiger partial charge in [-0.3, -0.25) is 19.1 Å². The van der Waals surface area contributed by atoms with Gasteiger partial charge in [-0.25, -0.2) is 4.79 Å². The highest BCUT2D eigenvalue weighted by molar-refractivity contribution is 5.92. The summed E-state index contributed by atoms with van der Waals surface area (Å²) in [5.74, 6) is -0.119. The van der Waals surface area contributed by atoms with Crippen LogP contribution in [0.3, 0.4) is 0 Å². The topological polar surface area (TPSA) is 102 Å². The van der Waals surface area contributed by atoms with Crippen LogP contribution >= 0.6 is 0 Å². The molecule has 3 aromatic rings. The van der Waals surface area contributed by atoms with Crippen molar-refractivity contribution in [3.05, 3.63) is 81.1 Å². The van der Waals surface area contributed by atoms with Crippen LogP contribution in [0.15, 0.2) is 64.3 Å². The largest absolute Gasteiger partial charge is 0.497 e. The van der Waals surface area contributed by atoms with E-state index in [4.69, 9.17) is 9.47 Å². The van der Waals surface area contributed by atoms with Gasteiger partial charge in [-0.05, 0) is 30.3 Å². The highest BCUT2D eigenvalue weighted by Gasteiger charge is 2.31. The van der Waals surface area contributed by atoms with Crippen molar-refractivity contribution in [2.24, 2.45) is 0 Å². The Hall–Kier alpha value is -4.02. The van der Waals surface area contributed by atoms with E-state index in [1.165, 1.54) is 13.2 Å². The van der Waals surface area contributed by atoms with Crippen LogP contribution in [0, 0.1) is 0 Å². The summed E-state index contributed by atoms with van der Waals surface area (Å²) in [6, 6.07) is 10.0. The number of carbonyl (C=O) groups is 1. The molecule has 0 bridgehead atoms. The molecular weight excluding hydrogens is 419 g/mol. The summed E-state index contributed by atoms with van der Waals surface area (Å²) in [4.78, 5) is 37.2. The second-order valence-electron chi connectivity index (χ2n) is 6.28. The second-order valence-corrected chi connectivity index (χ2v) is 6.28. The van der Waals surface area contributed by atoms with E-state index in [2.05, 4.69) is 5.32 Å². The Morgan fingerprint density at radius 2 is 1.84 bits per heavy atom. The molecule has 0 fully saturated rings. The number of hydrogen-bond donors (Lipinski definition) is 2. The van der Waals surface area contributed by atoms with E-state index < -0.39 is 35.4 Å². The molecule has 1 aromatic heterocycles. The number of methoxy groups -OCH3 is 1. The van der Waals surface area contributed by atoms with Gasteiger partial charge in [0.1, 0.15) is 18.0 Å². The van der Waals surface area contributed by atoms with Crippen LogP contribution in [-0.2, 0) is 17.5 Å². The molecule has 1 amide bonds. The van der Waals surface area contributed by atoms with E-state index in [1.807, 2.05) is 4.98 Å². The van der Waals surface area contributed by atoms with Crippen LogP contribution in [-0.4, -0.2) is 22.6 Å². The van der Waals surface area contributed by atoms with Crippen molar-refractivity contribution in [2.45, 2.75) is 12.7 Å². The highest BCUT2D eigenvalue weighted by atomic mass is 19.4. The minimum Gasteiger partial charge on any atom is -0.497 e. The molecule has 0 atom stereocenters. The van der Waals surface area contributed by atoms with E-state index in [-0.39, 0.29) is 17.2 Å². The maximum absolute atomic E-state index is 13.2. The molecule has 162 valence electrons. The molecule has 0 aliphatic rings. The smallest absolute Gasteiger partial charge is 0.416 e. The van der Waals surface area contributed by atoms with E-state index in [0.29, 0.717) is 5.75 Å². The SMILES string of the molecule is COc1cccc(Oc2ccc(C(F)(F)F)cc2NC(=O)Cn2ccc(=O)[nH]c2=O)c1. The average molecular weight is 435 g/mol. The predicted molar refractivity (Wildman–Crippen MR) is 104 cm³/mol. The molecule has 0 spiro atoms. The number of aromatic amines is 1. The third-order valence-corrected chi connectivity index (χ3v) is 4.06. The molecule has 0 saturated heterocycles. The lowest BCUT2D eigenvalue weighted by molar-refractivity contribution is -0.137. The molecule has 0 radical (unpaired) electrons. The van der Waals surface area contributed by atoms with Crippen molar-refractivity contribution < 1.29 is 27.4 Å². The van der Waals surface area contributed by atoms with Crippen LogP contribution in [0.1, 0.15) is 5.56 Å². The Morgan fingerprint density at radius 1 is 1.10 bits per heavy atom. The number of nitrogens with one attached hydrogen (secondary N) is 2. The maximum Gasteiger partial charge on any atom is 0.416 e. The van der Waals surface area contributed by atoms with Crippen molar-refractivity contribution in [1.29, 1.82) is 0 Å². The maximum atomic E-state index is 13.2. The zero-order chi connectivity index (χ0) is 22.6. The highest BCUT2D eigenvalue weighted by Crippen LogP contribution is 2.37. The van der Waals surface area contributed by atoms with Gasteiger partial charge in [-0.15, -0.1) is 0 Å². The standard InChI is InChI=1S/C20H16F3N3O5/c1-30-13-3-2-4-14(10-13)31-16-6-5-12(20(21,22)23)9-15(16)24-18(28)11-26-8-7-17(27)25-19(26)29/h2-10H,11H2,1H3,(H,24,28)(H,25,27,29). The van der Waals surface area contributed by atoms with Gasteiger partial charge in [-0.1, -0.05) is 6.07 Å². The average Bonchev–Trinajstić information content (AvgIpc) is 2.71. The number of aromatic nitrogens is 2. The van der Waals surface area contributed by atoms with Gasteiger partial charge < -0.3 is 14.8 Å². The number of H-pyrrole nitrogens is 1. The predicted octanol–water partition coefficient (Wildman–Crippen LogP) is 3.00. The number of benzene rings is 2. The fourth-order valence-corrected chi connectivity index (χ4v) is 2.60. The molecule has 0 saturated carbocycles. The van der Waals surface area contributed by atoms with Crippen LogP contribution in [0.4, 0.5) is 18.9 Å². The summed E-state index contributed by atoms with van der Waals surface area (Å²) in [5.41, 5.74) is -2.73. The number of hydrogen-bond acceptors (Lipinski definition) is 5. The molecule has 31 heavy (non-hydrogen) atoms. The lowest BCUT2D eigenvalue weighted by Crippen LogP contribution is -2.32. The molecule has 0 aliphatic carbocycles. The molecule has 11 heteroatoms. The van der Waals surface area contributed by atoms with Gasteiger partial charge in [0.15, 0.2) is 5.75 Å². The second kappa shape index (κ2) is 8.78. The molecular formula is C20H16F3N3O5. The summed E-state index contributed by atoms with van der Waals surface area (Å²) >= 11 is 0. The van der Waals surface area contributed by atoms with E-state index >= 15 is 0 Å². The zero-order valence-electron chi connectivity index (χ0n) is 16.0. The number of rotatable bonds is 6. The fraction of sp³-hybridized carbons (Fsp3) is 0.150. The number of halogens is 3. The van der Waals surface area contributed by atoms with Gasteiger partial charge >= 0.3 is 11.9 Å². The molecule has 2 N–H and O–H groups in total. The minimum atomic E-state index is -4.65. The van der Waals surface area contributed by atoms with Crippen molar-refractivity contribution in [1.82, 2.24) is 9.55 Å². The number of nitrogens with zero attached hydrogens (tertiary/aromatic N) is 1. The number of ether oxygens (including phenoxy) is 2. The van der Waals surface area contributed by atoms with Crippen molar-refractivity contribution in [2.75, 3.05) is 12.4 Å². The first-order chi connectivity index (χ1) is 14.7. The summed E-state index contributed by atoms with van der Waals surface area (Å²) in [5, 5.41) is 2.32. The number of carbonyl (C=O) groups excluding carboxylic acids is 1. The van der Waals surface area contributed by atoms with Crippen LogP contribution < -0.4 is 26.0 Å². The molecule has 3 rings (SSSR count). The first-order valence-electron chi connectivity index (χ1n) is 8.78. The Kier molecular flexibility index (Phi) is 6.14. The molecule has 8 nitrogen and oxygen atoms in total. The third kappa shape index (κ3) is 5.53. The van der Waals surface area contributed by atoms with E-state index in [0.717, 1.165) is 35.0 Å². The number of amides is 1. The monoisotopic (exact) mass is 435 g/mol. The number of anilines is 1. The fourth-order valence-electron chi connectivity index (χ4n) is 2.60. The molecule has 0 aliphatic heterocycles. The normalized spacial score (nSPS) is 11.1. The van der Waals surface area contributed by atoms with Crippen LogP contribution in [0.2, 0.25) is 0 Å². The van der Waals surface area contributed by atoms with Gasteiger partial charge in [0.05, 0.1) is 18.4 Å². The lowest BCUT2D eigenvalue weighted by Gasteiger charge is -2.16. The first kappa shape index (κ1) is 21.7. The third-order valence-electron chi connectivity index (χ3n) is 4.06.